The van der Waals surface area contributed by atoms with Crippen molar-refractivity contribution in [2.75, 3.05) is 52.5 Å². The number of nitrogens with one attached hydrogen (secondary N) is 1. The van der Waals surface area contributed by atoms with Gasteiger partial charge in [0.1, 0.15) is 0 Å². The van der Waals surface area contributed by atoms with Gasteiger partial charge in [0.2, 0.25) is 11.8 Å². The third-order valence-electron chi connectivity index (χ3n) is 4.72. The highest BCUT2D eigenvalue weighted by molar-refractivity contribution is 5.83. The van der Waals surface area contributed by atoms with E-state index in [4.69, 9.17) is 4.74 Å². The molecule has 2 aliphatic rings. The van der Waals surface area contributed by atoms with Crippen LogP contribution < -0.4 is 5.32 Å². The Labute approximate surface area is 145 Å². The molecule has 0 saturated carbocycles. The van der Waals surface area contributed by atoms with Crippen LogP contribution in [0.25, 0.3) is 0 Å². The zero-order valence-corrected chi connectivity index (χ0v) is 14.9. The second-order valence-corrected chi connectivity index (χ2v) is 6.60. The lowest BCUT2D eigenvalue weighted by atomic mass is 9.97. The van der Waals surface area contributed by atoms with E-state index in [-0.39, 0.29) is 18.4 Å². The first-order chi connectivity index (χ1) is 11.6. The number of carbonyl (C=O) groups excluding carboxylic acids is 2. The Morgan fingerprint density at radius 2 is 2.08 bits per heavy atom. The third-order valence-corrected chi connectivity index (χ3v) is 4.72. The zero-order chi connectivity index (χ0) is 17.2. The van der Waals surface area contributed by atoms with Crippen LogP contribution in [0.1, 0.15) is 39.0 Å². The molecule has 0 radical (unpaired) electrons. The third kappa shape index (κ3) is 7.01. The average Bonchev–Trinajstić information content (AvgIpc) is 2.60. The number of morpholine rings is 1. The Morgan fingerprint density at radius 3 is 2.75 bits per heavy atom. The number of nitrogens with zero attached hydrogens (tertiary/aromatic N) is 2. The monoisotopic (exact) mass is 337 g/mol. The smallest absolute Gasteiger partial charge is 0.239 e. The SMILES string of the molecule is CC(=O)N(CCC1=CCCCC1)CC(=O)NCCN1CCOCC1. The summed E-state index contributed by atoms with van der Waals surface area (Å²) in [5.41, 5.74) is 1.43. The minimum atomic E-state index is -0.0731. The molecule has 1 fully saturated rings. The highest BCUT2D eigenvalue weighted by atomic mass is 16.5. The lowest BCUT2D eigenvalue weighted by Gasteiger charge is -2.27. The predicted octanol–water partition coefficient (Wildman–Crippen LogP) is 1.17. The quantitative estimate of drug-likeness (QED) is 0.676. The van der Waals surface area contributed by atoms with Gasteiger partial charge in [-0.2, -0.15) is 0 Å². The fourth-order valence-electron chi connectivity index (χ4n) is 3.17. The Balaban J connectivity index is 1.65. The van der Waals surface area contributed by atoms with Gasteiger partial charge in [-0.3, -0.25) is 14.5 Å². The molecule has 1 saturated heterocycles. The molecule has 136 valence electrons. The van der Waals surface area contributed by atoms with Gasteiger partial charge < -0.3 is 15.0 Å². The molecular weight excluding hydrogens is 306 g/mol. The summed E-state index contributed by atoms with van der Waals surface area (Å²) in [4.78, 5) is 27.8. The minimum Gasteiger partial charge on any atom is -0.379 e. The molecule has 1 N–H and O–H groups in total. The first-order valence-electron chi connectivity index (χ1n) is 9.15. The van der Waals surface area contributed by atoms with Gasteiger partial charge in [0, 0.05) is 39.6 Å². The van der Waals surface area contributed by atoms with Crippen molar-refractivity contribution in [2.45, 2.75) is 39.0 Å². The van der Waals surface area contributed by atoms with Gasteiger partial charge in [-0.1, -0.05) is 11.6 Å². The fraction of sp³-hybridized carbons (Fsp3) is 0.778. The van der Waals surface area contributed by atoms with E-state index in [2.05, 4.69) is 16.3 Å². The van der Waals surface area contributed by atoms with Crippen LogP contribution in [0.3, 0.4) is 0 Å². The van der Waals surface area contributed by atoms with E-state index in [0.29, 0.717) is 13.1 Å². The number of carbonyl (C=O) groups is 2. The minimum absolute atomic E-state index is 0.0326. The van der Waals surface area contributed by atoms with Crippen LogP contribution in [-0.4, -0.2) is 74.1 Å². The number of allylic oxidation sites excluding steroid dienone is 1. The number of amides is 2. The maximum absolute atomic E-state index is 12.1. The molecule has 0 aromatic rings. The molecule has 24 heavy (non-hydrogen) atoms. The molecule has 0 aromatic heterocycles. The van der Waals surface area contributed by atoms with E-state index in [1.165, 1.54) is 25.3 Å². The Morgan fingerprint density at radius 1 is 1.29 bits per heavy atom. The summed E-state index contributed by atoms with van der Waals surface area (Å²) in [6, 6.07) is 0. The topological polar surface area (TPSA) is 61.9 Å². The summed E-state index contributed by atoms with van der Waals surface area (Å²) in [6.07, 6.45) is 7.99. The molecule has 0 atom stereocenters. The summed E-state index contributed by atoms with van der Waals surface area (Å²) in [6.45, 7) is 7.16. The zero-order valence-electron chi connectivity index (χ0n) is 14.9. The first-order valence-corrected chi connectivity index (χ1v) is 9.15. The van der Waals surface area contributed by atoms with Gasteiger partial charge in [0.05, 0.1) is 19.8 Å². The summed E-state index contributed by atoms with van der Waals surface area (Å²) < 4.78 is 5.31. The van der Waals surface area contributed by atoms with Gasteiger partial charge in [-0.15, -0.1) is 0 Å². The van der Waals surface area contributed by atoms with Crippen LogP contribution in [-0.2, 0) is 14.3 Å². The molecule has 6 heteroatoms. The number of hydrogen-bond donors (Lipinski definition) is 1. The van der Waals surface area contributed by atoms with Crippen molar-refractivity contribution in [1.82, 2.24) is 15.1 Å². The fourth-order valence-corrected chi connectivity index (χ4v) is 3.17. The van der Waals surface area contributed by atoms with Crippen molar-refractivity contribution < 1.29 is 14.3 Å². The Bertz CT molecular complexity index is 445. The van der Waals surface area contributed by atoms with Crippen LogP contribution in [0.4, 0.5) is 0 Å². The summed E-state index contributed by atoms with van der Waals surface area (Å²) in [5, 5.41) is 2.92. The molecule has 0 spiro atoms. The number of rotatable bonds is 8. The highest BCUT2D eigenvalue weighted by Crippen LogP contribution is 2.20. The van der Waals surface area contributed by atoms with Crippen molar-refractivity contribution in [2.24, 2.45) is 0 Å². The van der Waals surface area contributed by atoms with Crippen molar-refractivity contribution in [3.8, 4) is 0 Å². The van der Waals surface area contributed by atoms with Crippen molar-refractivity contribution in [3.05, 3.63) is 11.6 Å². The molecule has 1 aliphatic heterocycles. The van der Waals surface area contributed by atoms with E-state index in [9.17, 15) is 9.59 Å². The summed E-state index contributed by atoms with van der Waals surface area (Å²) >= 11 is 0. The van der Waals surface area contributed by atoms with E-state index in [0.717, 1.165) is 52.1 Å². The van der Waals surface area contributed by atoms with Gasteiger partial charge in [0.25, 0.3) is 0 Å². The van der Waals surface area contributed by atoms with E-state index in [1.54, 1.807) is 4.90 Å². The second-order valence-electron chi connectivity index (χ2n) is 6.60. The summed E-state index contributed by atoms with van der Waals surface area (Å²) in [5.74, 6) is -0.106. The Hall–Kier alpha value is -1.40. The van der Waals surface area contributed by atoms with Gasteiger partial charge >= 0.3 is 0 Å². The molecule has 1 aliphatic carbocycles. The number of ether oxygens (including phenoxy) is 1. The normalized spacial score (nSPS) is 18.8. The molecule has 1 heterocycles. The molecule has 0 aromatic carbocycles. The average molecular weight is 337 g/mol. The lowest BCUT2D eigenvalue weighted by Crippen LogP contribution is -2.44. The molecule has 2 amide bonds. The van der Waals surface area contributed by atoms with E-state index >= 15 is 0 Å². The maximum atomic E-state index is 12.1. The van der Waals surface area contributed by atoms with Gasteiger partial charge in [-0.05, 0) is 32.1 Å². The largest absolute Gasteiger partial charge is 0.379 e. The van der Waals surface area contributed by atoms with Gasteiger partial charge in [-0.25, -0.2) is 0 Å². The molecular formula is C18H31N3O3. The lowest BCUT2D eigenvalue weighted by molar-refractivity contribution is -0.134. The molecule has 0 unspecified atom stereocenters. The first kappa shape index (κ1) is 18.9. The molecule has 0 bridgehead atoms. The van der Waals surface area contributed by atoms with Crippen molar-refractivity contribution in [3.63, 3.8) is 0 Å². The van der Waals surface area contributed by atoms with Crippen molar-refractivity contribution >= 4 is 11.8 Å². The highest BCUT2D eigenvalue weighted by Gasteiger charge is 2.15. The van der Waals surface area contributed by atoms with E-state index in [1.807, 2.05) is 0 Å². The Kier molecular flexibility index (Phi) is 8.25. The second kappa shape index (κ2) is 10.5. The van der Waals surface area contributed by atoms with Gasteiger partial charge in [0.15, 0.2) is 0 Å². The van der Waals surface area contributed by atoms with Crippen LogP contribution in [0, 0.1) is 0 Å². The predicted molar refractivity (Wildman–Crippen MR) is 93.7 cm³/mol. The van der Waals surface area contributed by atoms with E-state index < -0.39 is 0 Å². The molecule has 2 rings (SSSR count). The van der Waals surface area contributed by atoms with Crippen LogP contribution in [0.2, 0.25) is 0 Å². The van der Waals surface area contributed by atoms with Crippen molar-refractivity contribution in [1.29, 1.82) is 0 Å². The molecule has 6 nitrogen and oxygen atoms in total. The standard InChI is InChI=1S/C18H31N3O3/c1-16(22)21(9-7-17-5-3-2-4-6-17)15-18(23)19-8-10-20-11-13-24-14-12-20/h5H,2-4,6-15H2,1H3,(H,19,23). The maximum Gasteiger partial charge on any atom is 0.239 e. The van der Waals surface area contributed by atoms with Crippen LogP contribution >= 0.6 is 0 Å². The van der Waals surface area contributed by atoms with Crippen LogP contribution in [0.5, 0.6) is 0 Å². The van der Waals surface area contributed by atoms with Crippen LogP contribution in [0.15, 0.2) is 11.6 Å². The number of hydrogen-bond acceptors (Lipinski definition) is 4. The summed E-state index contributed by atoms with van der Waals surface area (Å²) in [7, 11) is 0.